The van der Waals surface area contributed by atoms with Gasteiger partial charge in [-0.3, -0.25) is 9.80 Å². The quantitative estimate of drug-likeness (QED) is 0.771. The molecule has 3 aliphatic rings. The Morgan fingerprint density at radius 1 is 1.00 bits per heavy atom. The van der Waals surface area contributed by atoms with Crippen LogP contribution in [0.4, 0.5) is 0 Å². The van der Waals surface area contributed by atoms with Gasteiger partial charge in [0.05, 0.1) is 0 Å². The average Bonchev–Trinajstić information content (AvgIpc) is 3.19. The topological polar surface area (TPSA) is 18.5 Å². The van der Waals surface area contributed by atoms with Crippen molar-refractivity contribution in [2.75, 3.05) is 39.3 Å². The molecule has 0 aromatic carbocycles. The zero-order chi connectivity index (χ0) is 13.8. The Bertz CT molecular complexity index is 276. The molecule has 1 atom stereocenters. The lowest BCUT2D eigenvalue weighted by atomic mass is 9.97. The van der Waals surface area contributed by atoms with Gasteiger partial charge in [-0.2, -0.15) is 0 Å². The first-order chi connectivity index (χ1) is 9.86. The number of nitrogens with one attached hydrogen (secondary N) is 1. The van der Waals surface area contributed by atoms with E-state index in [1.54, 1.807) is 0 Å². The van der Waals surface area contributed by atoms with Crippen molar-refractivity contribution in [3.63, 3.8) is 0 Å². The Hall–Kier alpha value is -0.120. The third kappa shape index (κ3) is 3.96. The molecular formula is C17H33N3. The van der Waals surface area contributed by atoms with Crippen molar-refractivity contribution in [3.05, 3.63) is 0 Å². The van der Waals surface area contributed by atoms with E-state index in [0.717, 1.165) is 18.0 Å². The van der Waals surface area contributed by atoms with Gasteiger partial charge in [-0.05, 0) is 44.6 Å². The summed E-state index contributed by atoms with van der Waals surface area (Å²) in [6, 6.07) is 1.71. The number of hydrogen-bond acceptors (Lipinski definition) is 3. The van der Waals surface area contributed by atoms with Crippen LogP contribution in [-0.4, -0.2) is 61.2 Å². The predicted octanol–water partition coefficient (Wildman–Crippen LogP) is 2.32. The number of hydrogen-bond donors (Lipinski definition) is 1. The Kier molecular flexibility index (Phi) is 5.36. The van der Waals surface area contributed by atoms with E-state index in [4.69, 9.17) is 0 Å². The van der Waals surface area contributed by atoms with Gasteiger partial charge in [0.2, 0.25) is 0 Å². The van der Waals surface area contributed by atoms with Gasteiger partial charge in [-0.1, -0.05) is 19.8 Å². The van der Waals surface area contributed by atoms with E-state index in [1.165, 1.54) is 84.2 Å². The van der Waals surface area contributed by atoms with Gasteiger partial charge in [0.25, 0.3) is 0 Å². The maximum Gasteiger partial charge on any atom is 0.0223 e. The maximum absolute atomic E-state index is 3.85. The van der Waals surface area contributed by atoms with Gasteiger partial charge >= 0.3 is 0 Å². The molecular weight excluding hydrogens is 246 g/mol. The smallest absolute Gasteiger partial charge is 0.0223 e. The fourth-order valence-corrected chi connectivity index (χ4v) is 4.10. The molecule has 1 unspecified atom stereocenters. The second-order valence-corrected chi connectivity index (χ2v) is 7.17. The van der Waals surface area contributed by atoms with Crippen molar-refractivity contribution in [1.29, 1.82) is 0 Å². The van der Waals surface area contributed by atoms with Crippen LogP contribution in [0.25, 0.3) is 0 Å². The van der Waals surface area contributed by atoms with Crippen LogP contribution in [0.5, 0.6) is 0 Å². The molecule has 0 spiro atoms. The Labute approximate surface area is 125 Å². The van der Waals surface area contributed by atoms with E-state index in [1.807, 2.05) is 0 Å². The number of nitrogens with zero attached hydrogens (tertiary/aromatic N) is 2. The third-order valence-corrected chi connectivity index (χ3v) is 5.55. The van der Waals surface area contributed by atoms with E-state index >= 15 is 0 Å². The molecule has 2 aliphatic carbocycles. The van der Waals surface area contributed by atoms with Crippen molar-refractivity contribution in [2.24, 2.45) is 5.92 Å². The van der Waals surface area contributed by atoms with Crippen molar-refractivity contribution in [2.45, 2.75) is 64.0 Å². The Morgan fingerprint density at radius 3 is 2.30 bits per heavy atom. The van der Waals surface area contributed by atoms with E-state index in [2.05, 4.69) is 22.0 Å². The highest BCUT2D eigenvalue weighted by Gasteiger charge is 2.32. The summed E-state index contributed by atoms with van der Waals surface area (Å²) >= 11 is 0. The molecule has 3 rings (SSSR count). The molecule has 1 saturated heterocycles. The molecule has 3 fully saturated rings. The first-order valence-corrected chi connectivity index (χ1v) is 9.06. The van der Waals surface area contributed by atoms with Gasteiger partial charge in [0.15, 0.2) is 0 Å². The first-order valence-electron chi connectivity index (χ1n) is 9.06. The summed E-state index contributed by atoms with van der Waals surface area (Å²) in [4.78, 5) is 5.45. The summed E-state index contributed by atoms with van der Waals surface area (Å²) in [5.41, 5.74) is 0. The largest absolute Gasteiger partial charge is 0.312 e. The van der Waals surface area contributed by atoms with Gasteiger partial charge < -0.3 is 5.32 Å². The lowest BCUT2D eigenvalue weighted by molar-refractivity contribution is 0.109. The van der Waals surface area contributed by atoms with Crippen molar-refractivity contribution < 1.29 is 0 Å². The van der Waals surface area contributed by atoms with Crippen LogP contribution >= 0.6 is 0 Å². The Balaban J connectivity index is 1.45. The van der Waals surface area contributed by atoms with Crippen LogP contribution in [0.1, 0.15) is 51.9 Å². The molecule has 1 N–H and O–H groups in total. The number of rotatable bonds is 7. The predicted molar refractivity (Wildman–Crippen MR) is 85.1 cm³/mol. The Morgan fingerprint density at radius 2 is 1.70 bits per heavy atom. The second-order valence-electron chi connectivity index (χ2n) is 7.17. The van der Waals surface area contributed by atoms with Crippen LogP contribution in [-0.2, 0) is 0 Å². The minimum absolute atomic E-state index is 0.755. The summed E-state index contributed by atoms with van der Waals surface area (Å²) in [5.74, 6) is 0.947. The van der Waals surface area contributed by atoms with Crippen molar-refractivity contribution in [3.8, 4) is 0 Å². The summed E-state index contributed by atoms with van der Waals surface area (Å²) < 4.78 is 0. The summed E-state index contributed by atoms with van der Waals surface area (Å²) in [5, 5.41) is 3.85. The van der Waals surface area contributed by atoms with Crippen LogP contribution in [0.15, 0.2) is 0 Å². The molecule has 3 heteroatoms. The van der Waals surface area contributed by atoms with Crippen LogP contribution in [0.3, 0.4) is 0 Å². The molecule has 0 bridgehead atoms. The zero-order valence-electron chi connectivity index (χ0n) is 13.3. The SMILES string of the molecule is CCCNC(CN1CCN(C2CC2)CC1)C1CCCC1. The molecule has 0 radical (unpaired) electrons. The molecule has 0 aromatic heterocycles. The third-order valence-electron chi connectivity index (χ3n) is 5.55. The maximum atomic E-state index is 3.85. The lowest BCUT2D eigenvalue weighted by Gasteiger charge is -2.38. The number of piperazine rings is 1. The van der Waals surface area contributed by atoms with E-state index in [-0.39, 0.29) is 0 Å². The normalized spacial score (nSPS) is 28.1. The molecule has 2 saturated carbocycles. The summed E-state index contributed by atoms with van der Waals surface area (Å²) in [6.45, 7) is 10.0. The molecule has 116 valence electrons. The molecule has 0 amide bonds. The molecule has 20 heavy (non-hydrogen) atoms. The van der Waals surface area contributed by atoms with Crippen molar-refractivity contribution >= 4 is 0 Å². The molecule has 1 heterocycles. The minimum Gasteiger partial charge on any atom is -0.312 e. The van der Waals surface area contributed by atoms with Gasteiger partial charge in [0.1, 0.15) is 0 Å². The zero-order valence-corrected chi connectivity index (χ0v) is 13.3. The lowest BCUT2D eigenvalue weighted by Crippen LogP contribution is -2.52. The van der Waals surface area contributed by atoms with Crippen molar-refractivity contribution in [1.82, 2.24) is 15.1 Å². The first kappa shape index (κ1) is 14.8. The monoisotopic (exact) mass is 279 g/mol. The molecule has 3 nitrogen and oxygen atoms in total. The van der Waals surface area contributed by atoms with Gasteiger partial charge in [-0.25, -0.2) is 0 Å². The van der Waals surface area contributed by atoms with Crippen LogP contribution < -0.4 is 5.32 Å². The van der Waals surface area contributed by atoms with Crippen LogP contribution in [0.2, 0.25) is 0 Å². The minimum atomic E-state index is 0.755. The fourth-order valence-electron chi connectivity index (χ4n) is 4.10. The van der Waals surface area contributed by atoms with E-state index < -0.39 is 0 Å². The average molecular weight is 279 g/mol. The highest BCUT2D eigenvalue weighted by atomic mass is 15.3. The fraction of sp³-hybridized carbons (Fsp3) is 1.00. The molecule has 0 aromatic rings. The van der Waals surface area contributed by atoms with E-state index in [0.29, 0.717) is 0 Å². The highest BCUT2D eigenvalue weighted by Crippen LogP contribution is 2.29. The second kappa shape index (κ2) is 7.24. The standard InChI is InChI=1S/C17H33N3/c1-2-9-18-17(15-5-3-4-6-15)14-19-10-12-20(13-11-19)16-7-8-16/h15-18H,2-14H2,1H3. The highest BCUT2D eigenvalue weighted by molar-refractivity contribution is 4.89. The van der Waals surface area contributed by atoms with E-state index in [9.17, 15) is 0 Å². The van der Waals surface area contributed by atoms with Gasteiger partial charge in [0, 0.05) is 44.8 Å². The van der Waals surface area contributed by atoms with Crippen LogP contribution in [0, 0.1) is 5.92 Å². The molecule has 1 aliphatic heterocycles. The van der Waals surface area contributed by atoms with Gasteiger partial charge in [-0.15, -0.1) is 0 Å². The summed E-state index contributed by atoms with van der Waals surface area (Å²) in [6.07, 6.45) is 10.0. The summed E-state index contributed by atoms with van der Waals surface area (Å²) in [7, 11) is 0.